The molecule has 1 aromatic carbocycles. The number of rotatable bonds is 5. The van der Waals surface area contributed by atoms with Crippen LogP contribution in [-0.4, -0.2) is 17.1 Å². The van der Waals surface area contributed by atoms with E-state index in [4.69, 9.17) is 5.11 Å². The summed E-state index contributed by atoms with van der Waals surface area (Å²) in [6, 6.07) is 7.33. The second-order valence-corrected chi connectivity index (χ2v) is 4.99. The van der Waals surface area contributed by atoms with E-state index in [-0.39, 0.29) is 5.92 Å². The quantitative estimate of drug-likeness (QED) is 0.875. The highest BCUT2D eigenvalue weighted by molar-refractivity contribution is 9.10. The maximum Gasteiger partial charge on any atom is 0.320 e. The zero-order chi connectivity index (χ0) is 12.1. The largest absolute Gasteiger partial charge is 0.480 e. The van der Waals surface area contributed by atoms with E-state index >= 15 is 0 Å². The van der Waals surface area contributed by atoms with Crippen molar-refractivity contribution in [2.24, 2.45) is 5.92 Å². The summed E-state index contributed by atoms with van der Waals surface area (Å²) >= 11 is 3.38. The molecule has 0 aromatic heterocycles. The van der Waals surface area contributed by atoms with Crippen molar-refractivity contribution < 1.29 is 9.90 Å². The minimum Gasteiger partial charge on any atom is -0.480 e. The summed E-state index contributed by atoms with van der Waals surface area (Å²) in [5.74, 6) is -0.727. The lowest BCUT2D eigenvalue weighted by Gasteiger charge is -2.17. The van der Waals surface area contributed by atoms with E-state index in [1.807, 2.05) is 38.1 Å². The van der Waals surface area contributed by atoms with Crippen LogP contribution < -0.4 is 5.32 Å². The van der Waals surface area contributed by atoms with Crippen molar-refractivity contribution in [1.82, 2.24) is 5.32 Å². The fourth-order valence-electron chi connectivity index (χ4n) is 1.48. The molecule has 0 aliphatic carbocycles. The van der Waals surface area contributed by atoms with Gasteiger partial charge in [-0.15, -0.1) is 0 Å². The van der Waals surface area contributed by atoms with Gasteiger partial charge in [0.05, 0.1) is 0 Å². The van der Waals surface area contributed by atoms with Crippen LogP contribution in [0, 0.1) is 5.92 Å². The first kappa shape index (κ1) is 13.2. The predicted octanol–water partition coefficient (Wildman–Crippen LogP) is 2.65. The summed E-state index contributed by atoms with van der Waals surface area (Å²) < 4.78 is 1.00. The summed E-state index contributed by atoms with van der Waals surface area (Å²) in [4.78, 5) is 11.0. The maximum absolute atomic E-state index is 11.0. The Morgan fingerprint density at radius 2 is 2.19 bits per heavy atom. The molecule has 0 saturated heterocycles. The van der Waals surface area contributed by atoms with Crippen LogP contribution in [0.25, 0.3) is 0 Å². The summed E-state index contributed by atoms with van der Waals surface area (Å²) in [6.45, 7) is 4.36. The average Bonchev–Trinajstić information content (AvgIpc) is 2.16. The second kappa shape index (κ2) is 6.01. The molecule has 1 rings (SSSR count). The summed E-state index contributed by atoms with van der Waals surface area (Å²) in [5.41, 5.74) is 1.07. The molecule has 0 amide bonds. The number of benzene rings is 1. The van der Waals surface area contributed by atoms with Gasteiger partial charge >= 0.3 is 5.97 Å². The zero-order valence-corrected chi connectivity index (χ0v) is 11.0. The Morgan fingerprint density at radius 3 is 2.69 bits per heavy atom. The number of nitrogens with one attached hydrogen (secondary N) is 1. The summed E-state index contributed by atoms with van der Waals surface area (Å²) in [6.07, 6.45) is 0. The standard InChI is InChI=1S/C12H16BrNO2/c1-8(2)11(12(15)16)14-7-9-4-3-5-10(13)6-9/h3-6,8,11,14H,7H2,1-2H3,(H,15,16)/t11-/m0/s1. The number of hydrogen-bond donors (Lipinski definition) is 2. The molecule has 88 valence electrons. The van der Waals surface area contributed by atoms with Gasteiger partial charge in [0.2, 0.25) is 0 Å². The SMILES string of the molecule is CC(C)[C@H](NCc1cccc(Br)c1)C(=O)O. The number of carboxylic acids is 1. The topological polar surface area (TPSA) is 49.3 Å². The Kier molecular flexibility index (Phi) is 4.96. The predicted molar refractivity (Wildman–Crippen MR) is 67.2 cm³/mol. The Bertz CT molecular complexity index is 366. The highest BCUT2D eigenvalue weighted by Gasteiger charge is 2.20. The third-order valence-electron chi connectivity index (χ3n) is 2.35. The molecular weight excluding hydrogens is 270 g/mol. The molecule has 0 spiro atoms. The molecule has 0 aliphatic heterocycles. The van der Waals surface area contributed by atoms with Crippen LogP contribution in [-0.2, 0) is 11.3 Å². The van der Waals surface area contributed by atoms with Crippen molar-refractivity contribution in [3.63, 3.8) is 0 Å². The van der Waals surface area contributed by atoms with E-state index in [2.05, 4.69) is 21.2 Å². The van der Waals surface area contributed by atoms with Gasteiger partial charge in [-0.1, -0.05) is 41.9 Å². The number of hydrogen-bond acceptors (Lipinski definition) is 2. The molecule has 1 atom stereocenters. The number of carbonyl (C=O) groups is 1. The number of carboxylic acid groups (broad SMARTS) is 1. The normalized spacial score (nSPS) is 12.8. The van der Waals surface area contributed by atoms with E-state index in [0.717, 1.165) is 10.0 Å². The molecular formula is C12H16BrNO2. The van der Waals surface area contributed by atoms with E-state index in [1.54, 1.807) is 0 Å². The minimum atomic E-state index is -0.801. The molecule has 2 N–H and O–H groups in total. The lowest BCUT2D eigenvalue weighted by Crippen LogP contribution is -2.40. The zero-order valence-electron chi connectivity index (χ0n) is 9.40. The smallest absolute Gasteiger partial charge is 0.320 e. The van der Waals surface area contributed by atoms with Crippen molar-refractivity contribution in [3.8, 4) is 0 Å². The molecule has 0 heterocycles. The highest BCUT2D eigenvalue weighted by Crippen LogP contribution is 2.12. The molecule has 3 nitrogen and oxygen atoms in total. The van der Waals surface area contributed by atoms with Crippen molar-refractivity contribution in [2.45, 2.75) is 26.4 Å². The molecule has 4 heteroatoms. The molecule has 0 saturated carbocycles. The van der Waals surface area contributed by atoms with Crippen LogP contribution in [0.5, 0.6) is 0 Å². The number of halogens is 1. The highest BCUT2D eigenvalue weighted by atomic mass is 79.9. The van der Waals surface area contributed by atoms with Crippen molar-refractivity contribution >= 4 is 21.9 Å². The van der Waals surface area contributed by atoms with Gasteiger partial charge in [-0.05, 0) is 23.6 Å². The molecule has 0 bridgehead atoms. The van der Waals surface area contributed by atoms with Gasteiger partial charge in [0.25, 0.3) is 0 Å². The molecule has 0 unspecified atom stereocenters. The van der Waals surface area contributed by atoms with Crippen LogP contribution in [0.2, 0.25) is 0 Å². The lowest BCUT2D eigenvalue weighted by atomic mass is 10.0. The average molecular weight is 286 g/mol. The van der Waals surface area contributed by atoms with Crippen LogP contribution in [0.1, 0.15) is 19.4 Å². The van der Waals surface area contributed by atoms with E-state index < -0.39 is 12.0 Å². The second-order valence-electron chi connectivity index (χ2n) is 4.07. The third-order valence-corrected chi connectivity index (χ3v) is 2.84. The van der Waals surface area contributed by atoms with Crippen LogP contribution in [0.15, 0.2) is 28.7 Å². The van der Waals surface area contributed by atoms with Gasteiger partial charge in [-0.3, -0.25) is 4.79 Å². The first-order valence-electron chi connectivity index (χ1n) is 5.21. The Morgan fingerprint density at radius 1 is 1.50 bits per heavy atom. The Hall–Kier alpha value is -0.870. The van der Waals surface area contributed by atoms with E-state index in [1.165, 1.54) is 0 Å². The van der Waals surface area contributed by atoms with Crippen molar-refractivity contribution in [2.75, 3.05) is 0 Å². The Balaban J connectivity index is 2.59. The first-order valence-corrected chi connectivity index (χ1v) is 6.00. The van der Waals surface area contributed by atoms with Gasteiger partial charge in [-0.25, -0.2) is 0 Å². The monoisotopic (exact) mass is 285 g/mol. The number of aliphatic carboxylic acids is 1. The van der Waals surface area contributed by atoms with Gasteiger partial charge < -0.3 is 10.4 Å². The fourth-order valence-corrected chi connectivity index (χ4v) is 1.93. The third kappa shape index (κ3) is 3.94. The van der Waals surface area contributed by atoms with Crippen molar-refractivity contribution in [3.05, 3.63) is 34.3 Å². The van der Waals surface area contributed by atoms with Crippen molar-refractivity contribution in [1.29, 1.82) is 0 Å². The maximum atomic E-state index is 11.0. The molecule has 0 aliphatic rings. The van der Waals surface area contributed by atoms with Gasteiger partial charge in [0, 0.05) is 11.0 Å². The lowest BCUT2D eigenvalue weighted by molar-refractivity contribution is -0.140. The fraction of sp³-hybridized carbons (Fsp3) is 0.417. The Labute approximate surface area is 104 Å². The van der Waals surface area contributed by atoms with Crippen LogP contribution in [0.4, 0.5) is 0 Å². The molecule has 0 radical (unpaired) electrons. The molecule has 1 aromatic rings. The van der Waals surface area contributed by atoms with Gasteiger partial charge in [0.15, 0.2) is 0 Å². The minimum absolute atomic E-state index is 0.0738. The molecule has 16 heavy (non-hydrogen) atoms. The van der Waals surface area contributed by atoms with Gasteiger partial charge in [-0.2, -0.15) is 0 Å². The summed E-state index contributed by atoms with van der Waals surface area (Å²) in [7, 11) is 0. The molecule has 0 fully saturated rings. The van der Waals surface area contributed by atoms with Crippen LogP contribution >= 0.6 is 15.9 Å². The van der Waals surface area contributed by atoms with Crippen LogP contribution in [0.3, 0.4) is 0 Å². The van der Waals surface area contributed by atoms with Gasteiger partial charge in [0.1, 0.15) is 6.04 Å². The first-order chi connectivity index (χ1) is 7.50. The van der Waals surface area contributed by atoms with E-state index in [0.29, 0.717) is 6.54 Å². The van der Waals surface area contributed by atoms with E-state index in [9.17, 15) is 4.79 Å². The summed E-state index contributed by atoms with van der Waals surface area (Å²) in [5, 5.41) is 12.0.